The van der Waals surface area contributed by atoms with Gasteiger partial charge in [-0.2, -0.15) is 0 Å². The Hall–Kier alpha value is -0.840. The molecule has 0 aromatic carbocycles. The quantitative estimate of drug-likeness (QED) is 0.799. The highest BCUT2D eigenvalue weighted by molar-refractivity contribution is 6.34. The fourth-order valence-corrected chi connectivity index (χ4v) is 5.52. The van der Waals surface area contributed by atoms with Crippen molar-refractivity contribution in [2.75, 3.05) is 0 Å². The van der Waals surface area contributed by atoms with E-state index in [9.17, 15) is 9.90 Å². The SMILES string of the molecule is O=C(N[C@@H]1CCC2CC3(O)CC2CC1C3)c1ccc(Cl)nc1Cl. The van der Waals surface area contributed by atoms with Crippen molar-refractivity contribution in [1.29, 1.82) is 0 Å². The first-order valence-electron chi connectivity index (χ1n) is 8.29. The van der Waals surface area contributed by atoms with Gasteiger partial charge in [0.15, 0.2) is 0 Å². The number of aromatic nitrogens is 1. The number of amides is 1. The number of fused-ring (bicyclic) bond motifs is 2. The van der Waals surface area contributed by atoms with Crippen LogP contribution in [0.25, 0.3) is 0 Å². The number of halogens is 2. The zero-order chi connectivity index (χ0) is 16.2. The molecule has 23 heavy (non-hydrogen) atoms. The van der Waals surface area contributed by atoms with Crippen LogP contribution in [0.1, 0.15) is 48.9 Å². The van der Waals surface area contributed by atoms with Gasteiger partial charge in [-0.05, 0) is 68.4 Å². The molecule has 124 valence electrons. The fourth-order valence-electron chi connectivity index (χ4n) is 5.09. The summed E-state index contributed by atoms with van der Waals surface area (Å²) in [5.74, 6) is 1.40. The molecule has 3 aliphatic rings. The molecule has 3 bridgehead atoms. The van der Waals surface area contributed by atoms with Crippen LogP contribution >= 0.6 is 23.2 Å². The lowest BCUT2D eigenvalue weighted by atomic mass is 9.75. The van der Waals surface area contributed by atoms with Crippen molar-refractivity contribution >= 4 is 29.1 Å². The topological polar surface area (TPSA) is 62.2 Å². The van der Waals surface area contributed by atoms with E-state index >= 15 is 0 Å². The van der Waals surface area contributed by atoms with E-state index < -0.39 is 5.60 Å². The molecule has 1 aromatic rings. The molecule has 4 unspecified atom stereocenters. The van der Waals surface area contributed by atoms with Crippen LogP contribution in [0.2, 0.25) is 10.3 Å². The number of pyridine rings is 1. The lowest BCUT2D eigenvalue weighted by Gasteiger charge is -2.37. The molecule has 0 spiro atoms. The third-order valence-electron chi connectivity index (χ3n) is 5.99. The third-order valence-corrected chi connectivity index (χ3v) is 6.49. The maximum absolute atomic E-state index is 12.5. The van der Waals surface area contributed by atoms with Gasteiger partial charge in [0.2, 0.25) is 0 Å². The van der Waals surface area contributed by atoms with Gasteiger partial charge in [0.25, 0.3) is 5.91 Å². The molecular weight excluding hydrogens is 335 g/mol. The molecule has 6 heteroatoms. The number of hydrogen-bond donors (Lipinski definition) is 2. The van der Waals surface area contributed by atoms with Crippen LogP contribution in [0.4, 0.5) is 0 Å². The maximum Gasteiger partial charge on any atom is 0.254 e. The maximum atomic E-state index is 12.5. The molecular formula is C17H20Cl2N2O2. The van der Waals surface area contributed by atoms with Gasteiger partial charge in [0.05, 0.1) is 11.2 Å². The number of nitrogens with one attached hydrogen (secondary N) is 1. The summed E-state index contributed by atoms with van der Waals surface area (Å²) in [6.07, 6.45) is 5.87. The minimum Gasteiger partial charge on any atom is -0.390 e. The second-order valence-corrected chi connectivity index (χ2v) is 8.23. The lowest BCUT2D eigenvalue weighted by molar-refractivity contribution is -0.0112. The van der Waals surface area contributed by atoms with Crippen molar-refractivity contribution in [1.82, 2.24) is 10.3 Å². The molecule has 0 saturated heterocycles. The van der Waals surface area contributed by atoms with Crippen molar-refractivity contribution in [2.24, 2.45) is 17.8 Å². The molecule has 5 atom stereocenters. The summed E-state index contributed by atoms with van der Waals surface area (Å²) in [4.78, 5) is 16.5. The molecule has 3 aliphatic carbocycles. The van der Waals surface area contributed by atoms with Gasteiger partial charge in [-0.3, -0.25) is 4.79 Å². The molecule has 0 radical (unpaired) electrons. The molecule has 3 fully saturated rings. The molecule has 4 nitrogen and oxygen atoms in total. The Morgan fingerprint density at radius 3 is 2.70 bits per heavy atom. The second-order valence-electron chi connectivity index (χ2n) is 7.48. The average molecular weight is 355 g/mol. The van der Waals surface area contributed by atoms with Crippen LogP contribution in [0.5, 0.6) is 0 Å². The predicted octanol–water partition coefficient (Wildman–Crippen LogP) is 3.45. The average Bonchev–Trinajstić information content (AvgIpc) is 2.64. The summed E-state index contributed by atoms with van der Waals surface area (Å²) in [5, 5.41) is 14.3. The van der Waals surface area contributed by atoms with Gasteiger partial charge in [0.1, 0.15) is 10.3 Å². The Kier molecular flexibility index (Phi) is 3.82. The van der Waals surface area contributed by atoms with Gasteiger partial charge in [0, 0.05) is 6.04 Å². The Bertz CT molecular complexity index is 653. The number of carbonyl (C=O) groups is 1. The first kappa shape index (κ1) is 15.7. The van der Waals surface area contributed by atoms with Gasteiger partial charge in [-0.1, -0.05) is 23.2 Å². The molecule has 1 amide bonds. The fraction of sp³-hybridized carbons (Fsp3) is 0.647. The lowest BCUT2D eigenvalue weighted by Crippen LogP contribution is -2.45. The van der Waals surface area contributed by atoms with E-state index in [-0.39, 0.29) is 22.3 Å². The summed E-state index contributed by atoms with van der Waals surface area (Å²) in [7, 11) is 0. The van der Waals surface area contributed by atoms with Gasteiger partial charge in [-0.25, -0.2) is 4.98 Å². The van der Waals surface area contributed by atoms with E-state index in [1.165, 1.54) is 0 Å². The summed E-state index contributed by atoms with van der Waals surface area (Å²) >= 11 is 11.8. The summed E-state index contributed by atoms with van der Waals surface area (Å²) in [5.41, 5.74) is -0.141. The summed E-state index contributed by atoms with van der Waals surface area (Å²) in [6, 6.07) is 3.29. The number of carbonyl (C=O) groups excluding carboxylic acids is 1. The van der Waals surface area contributed by atoms with Crippen LogP contribution in [0.15, 0.2) is 12.1 Å². The van der Waals surface area contributed by atoms with E-state index in [2.05, 4.69) is 10.3 Å². The van der Waals surface area contributed by atoms with Crippen molar-refractivity contribution in [3.05, 3.63) is 28.0 Å². The van der Waals surface area contributed by atoms with Crippen molar-refractivity contribution in [2.45, 2.75) is 50.2 Å². The van der Waals surface area contributed by atoms with Crippen molar-refractivity contribution < 1.29 is 9.90 Å². The highest BCUT2D eigenvalue weighted by Gasteiger charge is 2.52. The highest BCUT2D eigenvalue weighted by Crippen LogP contribution is 2.55. The van der Waals surface area contributed by atoms with Gasteiger partial charge in [-0.15, -0.1) is 0 Å². The monoisotopic (exact) mass is 354 g/mol. The van der Waals surface area contributed by atoms with Crippen LogP contribution in [0.3, 0.4) is 0 Å². The van der Waals surface area contributed by atoms with Crippen molar-refractivity contribution in [3.8, 4) is 0 Å². The number of rotatable bonds is 2. The minimum absolute atomic E-state index is 0.105. The van der Waals surface area contributed by atoms with Crippen LogP contribution in [-0.4, -0.2) is 27.6 Å². The minimum atomic E-state index is -0.499. The largest absolute Gasteiger partial charge is 0.390 e. The second kappa shape index (κ2) is 5.61. The molecule has 0 aliphatic heterocycles. The number of aliphatic hydroxyl groups is 1. The van der Waals surface area contributed by atoms with Crippen molar-refractivity contribution in [3.63, 3.8) is 0 Å². The Morgan fingerprint density at radius 1 is 1.17 bits per heavy atom. The third kappa shape index (κ3) is 2.86. The normalized spacial score (nSPS) is 38.4. The van der Waals surface area contributed by atoms with E-state index in [0.29, 0.717) is 23.3 Å². The van der Waals surface area contributed by atoms with E-state index in [4.69, 9.17) is 23.2 Å². The van der Waals surface area contributed by atoms with E-state index in [1.807, 2.05) is 0 Å². The molecule has 3 saturated carbocycles. The summed E-state index contributed by atoms with van der Waals surface area (Å²) in [6.45, 7) is 0. The number of nitrogens with zero attached hydrogens (tertiary/aromatic N) is 1. The Balaban J connectivity index is 1.52. The van der Waals surface area contributed by atoms with Gasteiger partial charge >= 0.3 is 0 Å². The van der Waals surface area contributed by atoms with E-state index in [1.54, 1.807) is 12.1 Å². The Labute approximate surface area is 145 Å². The predicted molar refractivity (Wildman–Crippen MR) is 88.6 cm³/mol. The highest BCUT2D eigenvalue weighted by atomic mass is 35.5. The molecule has 2 N–H and O–H groups in total. The molecule has 1 aromatic heterocycles. The first-order valence-corrected chi connectivity index (χ1v) is 9.04. The molecule has 1 heterocycles. The van der Waals surface area contributed by atoms with Crippen LogP contribution in [0, 0.1) is 17.8 Å². The van der Waals surface area contributed by atoms with Gasteiger partial charge < -0.3 is 10.4 Å². The first-order chi connectivity index (χ1) is 10.9. The summed E-state index contributed by atoms with van der Waals surface area (Å²) < 4.78 is 0. The van der Waals surface area contributed by atoms with E-state index in [0.717, 1.165) is 38.5 Å². The smallest absolute Gasteiger partial charge is 0.254 e. The standard InChI is InChI=1S/C17H20Cl2N2O2/c18-14-4-2-12(15(19)21-14)16(22)20-13-3-1-9-6-17(23)7-10(9)5-11(13)8-17/h2,4,9-11,13,23H,1,3,5-8H2,(H,20,22)/t9?,10?,11?,13-,17?/m1/s1. The van der Waals surface area contributed by atoms with Crippen LogP contribution < -0.4 is 5.32 Å². The zero-order valence-electron chi connectivity index (χ0n) is 12.8. The molecule has 4 rings (SSSR count). The zero-order valence-corrected chi connectivity index (χ0v) is 14.3. The number of hydrogen-bond acceptors (Lipinski definition) is 3. The van der Waals surface area contributed by atoms with Crippen LogP contribution in [-0.2, 0) is 0 Å². The Morgan fingerprint density at radius 2 is 1.91 bits per heavy atom.